The zero-order chi connectivity index (χ0) is 18.8. The molecule has 0 bridgehead atoms. The van der Waals surface area contributed by atoms with Crippen LogP contribution in [0.5, 0.6) is 5.75 Å². The average Bonchev–Trinajstić information content (AvgIpc) is 3.08. The van der Waals surface area contributed by atoms with Gasteiger partial charge in [0.2, 0.25) is 0 Å². The summed E-state index contributed by atoms with van der Waals surface area (Å²) in [6, 6.07) is 11.6. The van der Waals surface area contributed by atoms with Gasteiger partial charge in [0.25, 0.3) is 5.91 Å². The number of benzene rings is 1. The van der Waals surface area contributed by atoms with Gasteiger partial charge in [-0.15, -0.1) is 24.8 Å². The largest absolute Gasteiger partial charge is 0.487 e. The molecule has 8 heteroatoms. The molecule has 1 amide bonds. The molecule has 0 saturated carbocycles. The van der Waals surface area contributed by atoms with E-state index in [9.17, 15) is 4.79 Å². The lowest BCUT2D eigenvalue weighted by atomic mass is 10.1. The van der Waals surface area contributed by atoms with Crippen LogP contribution >= 0.6 is 24.8 Å². The normalized spacial score (nSPS) is 16.1. The summed E-state index contributed by atoms with van der Waals surface area (Å²) in [5.41, 5.74) is 3.59. The van der Waals surface area contributed by atoms with Gasteiger partial charge in [-0.05, 0) is 43.7 Å². The Morgan fingerprint density at radius 1 is 1.24 bits per heavy atom. The molecular weight excluding hydrogens is 411 g/mol. The highest BCUT2D eigenvalue weighted by atomic mass is 35.5. The minimum absolute atomic E-state index is 0. The highest BCUT2D eigenvalue weighted by Gasteiger charge is 2.24. The fourth-order valence-electron chi connectivity index (χ4n) is 3.41. The number of halogens is 2. The van der Waals surface area contributed by atoms with Gasteiger partial charge in [0, 0.05) is 43.6 Å². The van der Waals surface area contributed by atoms with Gasteiger partial charge in [-0.3, -0.25) is 4.79 Å². The molecular formula is C21H26Cl2N4O2. The summed E-state index contributed by atoms with van der Waals surface area (Å²) in [7, 11) is 0. The molecule has 3 heterocycles. The number of aryl methyl sites for hydroxylation is 1. The van der Waals surface area contributed by atoms with E-state index in [-0.39, 0.29) is 36.8 Å². The Kier molecular flexibility index (Phi) is 7.90. The Morgan fingerprint density at radius 3 is 2.86 bits per heavy atom. The standard InChI is InChI=1S/C21H24N4O2.2ClH/c1-15-6-7-20-23-18(13-24(20)12-15)14-27-19-5-3-4-17(10-19)21(26)25-9-8-22-11-16(25)2;;/h3-7,10,12-13,16,22H,8-9,11,14H2,1-2H3;2*1H/t16-;;/m0../s1. The zero-order valence-corrected chi connectivity index (χ0v) is 18.1. The first kappa shape index (κ1) is 23.0. The van der Waals surface area contributed by atoms with Crippen LogP contribution in [0.15, 0.2) is 48.8 Å². The molecule has 156 valence electrons. The molecule has 3 aromatic rings. The van der Waals surface area contributed by atoms with Crippen LogP contribution in [0.3, 0.4) is 0 Å². The van der Waals surface area contributed by atoms with Crippen molar-refractivity contribution in [2.75, 3.05) is 19.6 Å². The second kappa shape index (κ2) is 9.96. The van der Waals surface area contributed by atoms with Crippen molar-refractivity contribution in [2.24, 2.45) is 0 Å². The number of nitrogens with one attached hydrogen (secondary N) is 1. The van der Waals surface area contributed by atoms with Crippen LogP contribution in [0, 0.1) is 6.92 Å². The van der Waals surface area contributed by atoms with E-state index in [1.165, 1.54) is 5.56 Å². The van der Waals surface area contributed by atoms with Crippen molar-refractivity contribution >= 4 is 36.4 Å². The summed E-state index contributed by atoms with van der Waals surface area (Å²) in [5.74, 6) is 0.731. The lowest BCUT2D eigenvalue weighted by molar-refractivity contribution is 0.0655. The fourth-order valence-corrected chi connectivity index (χ4v) is 3.41. The summed E-state index contributed by atoms with van der Waals surface area (Å²) < 4.78 is 7.90. The molecule has 1 atom stereocenters. The molecule has 0 radical (unpaired) electrons. The summed E-state index contributed by atoms with van der Waals surface area (Å²) in [4.78, 5) is 19.3. The lowest BCUT2D eigenvalue weighted by Crippen LogP contribution is -2.52. The Hall–Kier alpha value is -2.28. The van der Waals surface area contributed by atoms with Crippen LogP contribution in [0.25, 0.3) is 5.65 Å². The van der Waals surface area contributed by atoms with Crippen molar-refractivity contribution < 1.29 is 9.53 Å². The van der Waals surface area contributed by atoms with Crippen molar-refractivity contribution in [2.45, 2.75) is 26.5 Å². The molecule has 1 aliphatic rings. The zero-order valence-electron chi connectivity index (χ0n) is 16.5. The van der Waals surface area contributed by atoms with E-state index in [4.69, 9.17) is 4.74 Å². The number of pyridine rings is 1. The van der Waals surface area contributed by atoms with E-state index in [1.807, 2.05) is 58.1 Å². The monoisotopic (exact) mass is 436 g/mol. The predicted molar refractivity (Wildman–Crippen MR) is 119 cm³/mol. The molecule has 1 fully saturated rings. The first-order valence-electron chi connectivity index (χ1n) is 9.29. The van der Waals surface area contributed by atoms with Crippen molar-refractivity contribution in [3.05, 3.63) is 65.6 Å². The number of aromatic nitrogens is 2. The van der Waals surface area contributed by atoms with Gasteiger partial charge in [0.05, 0.1) is 5.69 Å². The number of imidazole rings is 1. The number of rotatable bonds is 4. The van der Waals surface area contributed by atoms with Crippen LogP contribution in [0.4, 0.5) is 0 Å². The van der Waals surface area contributed by atoms with Crippen molar-refractivity contribution in [3.63, 3.8) is 0 Å². The van der Waals surface area contributed by atoms with Crippen LogP contribution in [-0.4, -0.2) is 45.9 Å². The number of ether oxygens (including phenoxy) is 1. The fraction of sp³-hybridized carbons (Fsp3) is 0.333. The van der Waals surface area contributed by atoms with Gasteiger partial charge in [0.15, 0.2) is 0 Å². The van der Waals surface area contributed by atoms with Crippen LogP contribution < -0.4 is 10.1 Å². The maximum Gasteiger partial charge on any atom is 0.254 e. The molecule has 1 aromatic carbocycles. The second-order valence-corrected chi connectivity index (χ2v) is 7.07. The molecule has 6 nitrogen and oxygen atoms in total. The van der Waals surface area contributed by atoms with Gasteiger partial charge in [0.1, 0.15) is 18.0 Å². The Morgan fingerprint density at radius 2 is 2.07 bits per heavy atom. The minimum Gasteiger partial charge on any atom is -0.487 e. The number of carbonyl (C=O) groups excluding carboxylic acids is 1. The Balaban J connectivity index is 0.00000150. The van der Waals surface area contributed by atoms with Gasteiger partial charge in [-0.1, -0.05) is 12.1 Å². The quantitative estimate of drug-likeness (QED) is 0.679. The molecule has 1 saturated heterocycles. The molecule has 0 unspecified atom stereocenters. The smallest absolute Gasteiger partial charge is 0.254 e. The van der Waals surface area contributed by atoms with Gasteiger partial charge < -0.3 is 19.4 Å². The molecule has 0 spiro atoms. The highest BCUT2D eigenvalue weighted by Crippen LogP contribution is 2.18. The van der Waals surface area contributed by atoms with E-state index in [0.29, 0.717) is 17.9 Å². The molecule has 29 heavy (non-hydrogen) atoms. The van der Waals surface area contributed by atoms with E-state index < -0.39 is 0 Å². The van der Waals surface area contributed by atoms with Crippen LogP contribution in [0.1, 0.15) is 28.5 Å². The van der Waals surface area contributed by atoms with E-state index in [0.717, 1.165) is 31.0 Å². The Bertz CT molecular complexity index is 976. The third kappa shape index (κ3) is 5.21. The molecule has 4 rings (SSSR count). The number of piperazine rings is 1. The number of fused-ring (bicyclic) bond motifs is 1. The molecule has 2 aromatic heterocycles. The van der Waals surface area contributed by atoms with Crippen molar-refractivity contribution in [1.82, 2.24) is 19.6 Å². The van der Waals surface area contributed by atoms with Gasteiger partial charge in [-0.25, -0.2) is 4.98 Å². The van der Waals surface area contributed by atoms with E-state index >= 15 is 0 Å². The third-order valence-corrected chi connectivity index (χ3v) is 4.88. The molecule has 1 aliphatic heterocycles. The summed E-state index contributed by atoms with van der Waals surface area (Å²) in [6.45, 7) is 6.87. The summed E-state index contributed by atoms with van der Waals surface area (Å²) in [6.07, 6.45) is 4.01. The summed E-state index contributed by atoms with van der Waals surface area (Å²) >= 11 is 0. The van der Waals surface area contributed by atoms with E-state index in [2.05, 4.69) is 24.1 Å². The van der Waals surface area contributed by atoms with Gasteiger partial charge >= 0.3 is 0 Å². The maximum atomic E-state index is 12.8. The number of amides is 1. The maximum absolute atomic E-state index is 12.8. The van der Waals surface area contributed by atoms with E-state index in [1.54, 1.807) is 0 Å². The first-order valence-corrected chi connectivity index (χ1v) is 9.29. The third-order valence-electron chi connectivity index (χ3n) is 4.88. The van der Waals surface area contributed by atoms with Crippen LogP contribution in [0.2, 0.25) is 0 Å². The van der Waals surface area contributed by atoms with Crippen molar-refractivity contribution in [1.29, 1.82) is 0 Å². The second-order valence-electron chi connectivity index (χ2n) is 7.07. The number of hydrogen-bond acceptors (Lipinski definition) is 4. The number of hydrogen-bond donors (Lipinski definition) is 1. The van der Waals surface area contributed by atoms with Crippen LogP contribution in [-0.2, 0) is 6.61 Å². The topological polar surface area (TPSA) is 58.9 Å². The van der Waals surface area contributed by atoms with Gasteiger partial charge in [-0.2, -0.15) is 0 Å². The van der Waals surface area contributed by atoms with Crippen molar-refractivity contribution in [3.8, 4) is 5.75 Å². The molecule has 0 aliphatic carbocycles. The minimum atomic E-state index is 0. The number of nitrogens with zero attached hydrogens (tertiary/aromatic N) is 3. The Labute approximate surface area is 183 Å². The first-order chi connectivity index (χ1) is 13.1. The lowest BCUT2D eigenvalue weighted by Gasteiger charge is -2.34. The average molecular weight is 437 g/mol. The highest BCUT2D eigenvalue weighted by molar-refractivity contribution is 5.94. The molecule has 1 N–H and O–H groups in total. The summed E-state index contributed by atoms with van der Waals surface area (Å²) in [5, 5.41) is 3.31. The predicted octanol–water partition coefficient (Wildman–Crippen LogP) is 3.50. The SMILES string of the molecule is Cc1ccc2nc(COc3cccc(C(=O)N4CCNC[C@@H]4C)c3)cn2c1.Cl.Cl. The number of carbonyl (C=O) groups is 1.